The lowest BCUT2D eigenvalue weighted by molar-refractivity contribution is 0.0173. The number of rotatable bonds is 5. The van der Waals surface area contributed by atoms with E-state index in [1.54, 1.807) is 0 Å². The van der Waals surface area contributed by atoms with Crippen LogP contribution < -0.4 is 10.6 Å². The molecular weight excluding hydrogens is 346 g/mol. The molecule has 3 rings (SSSR count). The number of likely N-dealkylation sites (tertiary alicyclic amines) is 2. The second kappa shape index (κ2) is 9.75. The van der Waals surface area contributed by atoms with Gasteiger partial charge in [0, 0.05) is 19.1 Å². The first-order valence-electron chi connectivity index (χ1n) is 11.0. The molecule has 2 heterocycles. The smallest absolute Gasteiger partial charge is 0.191 e. The van der Waals surface area contributed by atoms with Crippen LogP contribution in [0.5, 0.6) is 0 Å². The topological polar surface area (TPSA) is 42.9 Å². The van der Waals surface area contributed by atoms with Crippen molar-refractivity contribution in [2.24, 2.45) is 4.99 Å². The molecule has 0 amide bonds. The predicted octanol–water partition coefficient (Wildman–Crippen LogP) is 3.17. The third kappa shape index (κ3) is 5.06. The lowest BCUT2D eigenvalue weighted by Crippen LogP contribution is -2.62. The van der Waals surface area contributed by atoms with Crippen LogP contribution in [0, 0.1) is 6.92 Å². The van der Waals surface area contributed by atoms with Gasteiger partial charge in [0.15, 0.2) is 5.96 Å². The van der Waals surface area contributed by atoms with Crippen molar-refractivity contribution in [3.63, 3.8) is 0 Å². The molecule has 28 heavy (non-hydrogen) atoms. The number of aryl methyl sites for hydroxylation is 1. The van der Waals surface area contributed by atoms with E-state index in [4.69, 9.17) is 0 Å². The molecule has 0 radical (unpaired) electrons. The maximum Gasteiger partial charge on any atom is 0.191 e. The van der Waals surface area contributed by atoms with Crippen molar-refractivity contribution in [1.29, 1.82) is 0 Å². The van der Waals surface area contributed by atoms with E-state index < -0.39 is 0 Å². The zero-order chi connectivity index (χ0) is 20.0. The molecule has 0 bridgehead atoms. The Hall–Kier alpha value is -1.59. The molecule has 0 aliphatic carbocycles. The van der Waals surface area contributed by atoms with Crippen LogP contribution in [-0.4, -0.2) is 68.1 Å². The number of piperidine rings is 2. The van der Waals surface area contributed by atoms with E-state index in [2.05, 4.69) is 70.6 Å². The van der Waals surface area contributed by atoms with E-state index in [1.165, 1.54) is 69.4 Å². The van der Waals surface area contributed by atoms with Gasteiger partial charge in [-0.1, -0.05) is 30.7 Å². The number of benzene rings is 1. The van der Waals surface area contributed by atoms with E-state index in [1.807, 2.05) is 7.05 Å². The molecule has 0 saturated carbocycles. The Morgan fingerprint density at radius 1 is 1.11 bits per heavy atom. The molecular formula is C23H39N5. The Morgan fingerprint density at radius 3 is 2.43 bits per heavy atom. The maximum atomic E-state index is 4.52. The van der Waals surface area contributed by atoms with Crippen LogP contribution in [0.4, 0.5) is 0 Å². The fraction of sp³-hybridized carbons (Fsp3) is 0.696. The van der Waals surface area contributed by atoms with Crippen LogP contribution in [0.1, 0.15) is 56.2 Å². The molecule has 1 atom stereocenters. The fourth-order valence-corrected chi connectivity index (χ4v) is 4.81. The zero-order valence-electron chi connectivity index (χ0n) is 18.3. The minimum Gasteiger partial charge on any atom is -0.355 e. The number of hydrogen-bond donors (Lipinski definition) is 2. The SMILES string of the molecule is CN=C(NCC1(N2CCCCC2)CCN(C)CC1)NC(C)c1ccccc1C. The van der Waals surface area contributed by atoms with Crippen molar-refractivity contribution in [3.05, 3.63) is 35.4 Å². The van der Waals surface area contributed by atoms with Crippen LogP contribution >= 0.6 is 0 Å². The largest absolute Gasteiger partial charge is 0.355 e. The van der Waals surface area contributed by atoms with Crippen molar-refractivity contribution in [2.75, 3.05) is 46.8 Å². The third-order valence-electron chi connectivity index (χ3n) is 6.76. The highest BCUT2D eigenvalue weighted by atomic mass is 15.3. The van der Waals surface area contributed by atoms with Crippen molar-refractivity contribution >= 4 is 5.96 Å². The Balaban J connectivity index is 1.64. The first-order chi connectivity index (χ1) is 13.5. The first-order valence-corrected chi connectivity index (χ1v) is 11.0. The van der Waals surface area contributed by atoms with Crippen LogP contribution in [0.15, 0.2) is 29.3 Å². The number of guanidine groups is 1. The average molecular weight is 386 g/mol. The molecule has 156 valence electrons. The highest BCUT2D eigenvalue weighted by Crippen LogP contribution is 2.31. The number of nitrogens with one attached hydrogen (secondary N) is 2. The van der Waals surface area contributed by atoms with Crippen molar-refractivity contribution in [1.82, 2.24) is 20.4 Å². The van der Waals surface area contributed by atoms with Crippen molar-refractivity contribution in [2.45, 2.75) is 57.5 Å². The van der Waals surface area contributed by atoms with E-state index in [9.17, 15) is 0 Å². The Bertz CT molecular complexity index is 642. The van der Waals surface area contributed by atoms with E-state index in [-0.39, 0.29) is 11.6 Å². The summed E-state index contributed by atoms with van der Waals surface area (Å²) in [6.07, 6.45) is 6.54. The summed E-state index contributed by atoms with van der Waals surface area (Å²) in [6.45, 7) is 10.2. The van der Waals surface area contributed by atoms with Gasteiger partial charge >= 0.3 is 0 Å². The molecule has 2 fully saturated rings. The molecule has 1 unspecified atom stereocenters. The van der Waals surface area contributed by atoms with Gasteiger partial charge in [-0.3, -0.25) is 9.89 Å². The Kier molecular flexibility index (Phi) is 7.36. The summed E-state index contributed by atoms with van der Waals surface area (Å²) in [5.41, 5.74) is 2.91. The second-order valence-electron chi connectivity index (χ2n) is 8.72. The van der Waals surface area contributed by atoms with Gasteiger partial charge in [-0.05, 0) is 83.9 Å². The van der Waals surface area contributed by atoms with E-state index in [0.717, 1.165) is 12.5 Å². The van der Waals surface area contributed by atoms with Gasteiger partial charge in [0.2, 0.25) is 0 Å². The van der Waals surface area contributed by atoms with Gasteiger partial charge in [-0.25, -0.2) is 0 Å². The Labute approximate surface area is 171 Å². The van der Waals surface area contributed by atoms with Crippen molar-refractivity contribution in [3.8, 4) is 0 Å². The highest BCUT2D eigenvalue weighted by molar-refractivity contribution is 5.80. The molecule has 2 aliphatic rings. The van der Waals surface area contributed by atoms with Gasteiger partial charge in [-0.2, -0.15) is 0 Å². The highest BCUT2D eigenvalue weighted by Gasteiger charge is 2.39. The summed E-state index contributed by atoms with van der Waals surface area (Å²) in [7, 11) is 4.13. The van der Waals surface area contributed by atoms with E-state index >= 15 is 0 Å². The third-order valence-corrected chi connectivity index (χ3v) is 6.76. The van der Waals surface area contributed by atoms with Crippen molar-refractivity contribution < 1.29 is 0 Å². The molecule has 0 aromatic heterocycles. The summed E-state index contributed by atoms with van der Waals surface area (Å²) >= 11 is 0. The summed E-state index contributed by atoms with van der Waals surface area (Å²) in [5, 5.41) is 7.29. The lowest BCUT2D eigenvalue weighted by atomic mass is 9.84. The van der Waals surface area contributed by atoms with Gasteiger partial charge in [0.25, 0.3) is 0 Å². The number of hydrogen-bond acceptors (Lipinski definition) is 3. The van der Waals surface area contributed by atoms with E-state index in [0.29, 0.717) is 0 Å². The molecule has 1 aromatic rings. The van der Waals surface area contributed by atoms with Gasteiger partial charge in [-0.15, -0.1) is 0 Å². The molecule has 5 nitrogen and oxygen atoms in total. The van der Waals surface area contributed by atoms with Crippen LogP contribution in [-0.2, 0) is 0 Å². The molecule has 1 aromatic carbocycles. The second-order valence-corrected chi connectivity index (χ2v) is 8.72. The van der Waals surface area contributed by atoms with Gasteiger partial charge in [0.05, 0.1) is 6.04 Å². The Morgan fingerprint density at radius 2 is 1.79 bits per heavy atom. The summed E-state index contributed by atoms with van der Waals surface area (Å²) in [4.78, 5) is 9.76. The zero-order valence-corrected chi connectivity index (χ0v) is 18.3. The average Bonchev–Trinajstić information content (AvgIpc) is 2.73. The normalized spacial score (nSPS) is 22.6. The molecule has 0 spiro atoms. The number of nitrogens with zero attached hydrogens (tertiary/aromatic N) is 3. The van der Waals surface area contributed by atoms with Gasteiger partial charge in [0.1, 0.15) is 0 Å². The minimum absolute atomic E-state index is 0.232. The maximum absolute atomic E-state index is 4.52. The molecule has 5 heteroatoms. The molecule has 2 aliphatic heterocycles. The predicted molar refractivity (Wildman–Crippen MR) is 119 cm³/mol. The van der Waals surface area contributed by atoms with Crippen LogP contribution in [0.2, 0.25) is 0 Å². The minimum atomic E-state index is 0.232. The first kappa shape index (κ1) is 21.1. The molecule has 2 saturated heterocycles. The standard InChI is InChI=1S/C23H39N5/c1-19-10-6-7-11-21(19)20(2)26-22(24-3)25-18-23(12-16-27(4)17-13-23)28-14-8-5-9-15-28/h6-7,10-11,20H,5,8-9,12-18H2,1-4H3,(H2,24,25,26). The quantitative estimate of drug-likeness (QED) is 0.604. The lowest BCUT2D eigenvalue weighted by Gasteiger charge is -2.50. The molecule has 2 N–H and O–H groups in total. The summed E-state index contributed by atoms with van der Waals surface area (Å²) in [6, 6.07) is 8.82. The number of aliphatic imine (C=N–C) groups is 1. The monoisotopic (exact) mass is 385 g/mol. The van der Waals surface area contributed by atoms with Gasteiger partial charge < -0.3 is 15.5 Å². The van der Waals surface area contributed by atoms with Crippen LogP contribution in [0.25, 0.3) is 0 Å². The fourth-order valence-electron chi connectivity index (χ4n) is 4.81. The summed E-state index contributed by atoms with van der Waals surface area (Å²) < 4.78 is 0. The summed E-state index contributed by atoms with van der Waals surface area (Å²) in [5.74, 6) is 0.908. The van der Waals surface area contributed by atoms with Crippen LogP contribution in [0.3, 0.4) is 0 Å².